The number of benzene rings is 1. The van der Waals surface area contributed by atoms with E-state index in [4.69, 9.17) is 14.2 Å². The first-order chi connectivity index (χ1) is 13.3. The summed E-state index contributed by atoms with van der Waals surface area (Å²) in [5, 5.41) is -0.500. The van der Waals surface area contributed by atoms with Gasteiger partial charge in [0.1, 0.15) is 6.04 Å². The zero-order valence-electron chi connectivity index (χ0n) is 16.7. The summed E-state index contributed by atoms with van der Waals surface area (Å²) in [5.74, 6) is 0.0138. The smallest absolute Gasteiger partial charge is 0.329 e. The first-order valence-electron chi connectivity index (χ1n) is 9.10. The van der Waals surface area contributed by atoms with Gasteiger partial charge in [0.15, 0.2) is 11.5 Å². The molecule has 1 aromatic rings. The molecule has 0 aromatic heterocycles. The van der Waals surface area contributed by atoms with Gasteiger partial charge in [-0.05, 0) is 62.7 Å². The van der Waals surface area contributed by atoms with Crippen molar-refractivity contribution in [1.29, 1.82) is 0 Å². The van der Waals surface area contributed by atoms with Crippen molar-refractivity contribution in [3.05, 3.63) is 28.7 Å². The molecule has 0 radical (unpaired) electrons. The summed E-state index contributed by atoms with van der Waals surface area (Å²) in [4.78, 5) is 37.9. The Morgan fingerprint density at radius 1 is 1.21 bits per heavy atom. The summed E-state index contributed by atoms with van der Waals surface area (Å²) in [7, 11) is 1.54. The number of thioether (sulfide) groups is 1. The Bertz CT molecular complexity index is 791. The van der Waals surface area contributed by atoms with Crippen molar-refractivity contribution in [3.8, 4) is 11.5 Å². The predicted octanol–water partition coefficient (Wildman–Crippen LogP) is 3.86. The van der Waals surface area contributed by atoms with Crippen molar-refractivity contribution in [2.45, 2.75) is 46.3 Å². The van der Waals surface area contributed by atoms with Gasteiger partial charge in [0, 0.05) is 0 Å². The molecule has 1 aliphatic heterocycles. The first kappa shape index (κ1) is 21.8. The lowest BCUT2D eigenvalue weighted by Crippen LogP contribution is -2.42. The van der Waals surface area contributed by atoms with Crippen LogP contribution in [0, 0.1) is 0 Å². The number of ether oxygens (including phenoxy) is 3. The van der Waals surface area contributed by atoms with Gasteiger partial charge in [-0.1, -0.05) is 13.0 Å². The number of esters is 1. The second-order valence-corrected chi connectivity index (χ2v) is 7.22. The summed E-state index contributed by atoms with van der Waals surface area (Å²) in [5.41, 5.74) is 0.683. The molecule has 0 aliphatic carbocycles. The van der Waals surface area contributed by atoms with Gasteiger partial charge in [-0.2, -0.15) is 0 Å². The van der Waals surface area contributed by atoms with Crippen LogP contribution in [0.2, 0.25) is 0 Å². The van der Waals surface area contributed by atoms with Crippen molar-refractivity contribution in [3.63, 3.8) is 0 Å². The second-order valence-electron chi connectivity index (χ2n) is 6.23. The van der Waals surface area contributed by atoms with Crippen LogP contribution < -0.4 is 9.47 Å². The lowest BCUT2D eigenvalue weighted by atomic mass is 10.1. The van der Waals surface area contributed by atoms with Crippen LogP contribution in [0.25, 0.3) is 6.08 Å². The van der Waals surface area contributed by atoms with E-state index in [1.54, 1.807) is 31.2 Å². The number of rotatable bonds is 8. The Hall–Kier alpha value is -2.48. The minimum absolute atomic E-state index is 0.0422. The molecule has 1 aromatic carbocycles. The number of carbonyl (C=O) groups is 3. The molecule has 0 unspecified atom stereocenters. The van der Waals surface area contributed by atoms with E-state index >= 15 is 0 Å². The molecule has 152 valence electrons. The largest absolute Gasteiger partial charge is 0.493 e. The van der Waals surface area contributed by atoms with E-state index in [0.29, 0.717) is 17.1 Å². The summed E-state index contributed by atoms with van der Waals surface area (Å²) in [6.45, 7) is 7.31. The fourth-order valence-electron chi connectivity index (χ4n) is 2.50. The molecular formula is C20H25NO6S. The number of nitrogens with zero attached hydrogens (tertiary/aromatic N) is 1. The maximum Gasteiger partial charge on any atom is 0.329 e. The fraction of sp³-hybridized carbons (Fsp3) is 0.450. The lowest BCUT2D eigenvalue weighted by Gasteiger charge is -2.19. The highest BCUT2D eigenvalue weighted by molar-refractivity contribution is 8.18. The molecular weight excluding hydrogens is 382 g/mol. The second kappa shape index (κ2) is 9.64. The lowest BCUT2D eigenvalue weighted by molar-refractivity contribution is -0.150. The Morgan fingerprint density at radius 3 is 2.54 bits per heavy atom. The third-order valence-electron chi connectivity index (χ3n) is 4.23. The molecule has 0 N–H and O–H groups in total. The van der Waals surface area contributed by atoms with E-state index < -0.39 is 23.2 Å². The van der Waals surface area contributed by atoms with Crippen LogP contribution in [0.4, 0.5) is 4.79 Å². The van der Waals surface area contributed by atoms with Crippen molar-refractivity contribution in [2.75, 3.05) is 13.7 Å². The van der Waals surface area contributed by atoms with Gasteiger partial charge in [0.05, 0.1) is 24.7 Å². The first-order valence-corrected chi connectivity index (χ1v) is 9.92. The van der Waals surface area contributed by atoms with Gasteiger partial charge in [0.25, 0.3) is 11.1 Å². The zero-order valence-corrected chi connectivity index (χ0v) is 17.5. The van der Waals surface area contributed by atoms with E-state index in [1.807, 2.05) is 13.8 Å². The highest BCUT2D eigenvalue weighted by Crippen LogP contribution is 2.36. The summed E-state index contributed by atoms with van der Waals surface area (Å²) in [6, 6.07) is 4.31. The SMILES string of the molecule is CCOC(=O)[C@H](C)N1C(=O)S/C(=C/c2ccc(O[C@@H](C)CC)c(OC)c2)C1=O. The third kappa shape index (κ3) is 4.86. The van der Waals surface area contributed by atoms with Crippen molar-refractivity contribution >= 4 is 35.0 Å². The summed E-state index contributed by atoms with van der Waals surface area (Å²) in [6.07, 6.45) is 2.50. The Kier molecular flexibility index (Phi) is 7.51. The van der Waals surface area contributed by atoms with E-state index in [9.17, 15) is 14.4 Å². The van der Waals surface area contributed by atoms with E-state index in [0.717, 1.165) is 23.1 Å². The number of hydrogen-bond donors (Lipinski definition) is 0. The molecule has 2 atom stereocenters. The van der Waals surface area contributed by atoms with E-state index in [2.05, 4.69) is 0 Å². The van der Waals surface area contributed by atoms with Gasteiger partial charge in [0.2, 0.25) is 0 Å². The van der Waals surface area contributed by atoms with Crippen molar-refractivity contribution < 1.29 is 28.6 Å². The quantitative estimate of drug-likeness (QED) is 0.478. The molecule has 0 saturated carbocycles. The molecule has 0 bridgehead atoms. The maximum atomic E-state index is 12.6. The number of hydrogen-bond acceptors (Lipinski definition) is 7. The van der Waals surface area contributed by atoms with Gasteiger partial charge < -0.3 is 14.2 Å². The minimum Gasteiger partial charge on any atom is -0.493 e. The van der Waals surface area contributed by atoms with Gasteiger partial charge in [-0.15, -0.1) is 0 Å². The molecule has 1 fully saturated rings. The molecule has 0 spiro atoms. The van der Waals surface area contributed by atoms with E-state index in [-0.39, 0.29) is 17.6 Å². The van der Waals surface area contributed by atoms with Crippen molar-refractivity contribution in [1.82, 2.24) is 4.90 Å². The standard InChI is InChI=1S/C20H25NO6S/c1-6-12(3)27-15-9-8-14(10-16(15)25-5)11-17-18(22)21(20(24)28-17)13(4)19(23)26-7-2/h8-13H,6-7H2,1-5H3/b17-11+/t12-,13-/m0/s1. The topological polar surface area (TPSA) is 82.1 Å². The molecule has 1 heterocycles. The molecule has 7 nitrogen and oxygen atoms in total. The zero-order chi connectivity index (χ0) is 20.8. The average molecular weight is 407 g/mol. The maximum absolute atomic E-state index is 12.6. The molecule has 28 heavy (non-hydrogen) atoms. The number of carbonyl (C=O) groups excluding carboxylic acids is 3. The Balaban J connectivity index is 2.24. The summed E-state index contributed by atoms with van der Waals surface area (Å²) < 4.78 is 16.1. The molecule has 1 saturated heterocycles. The van der Waals surface area contributed by atoms with Crippen LogP contribution >= 0.6 is 11.8 Å². The summed E-state index contributed by atoms with van der Waals surface area (Å²) >= 11 is 0.791. The molecule has 2 rings (SSSR count). The predicted molar refractivity (Wildman–Crippen MR) is 107 cm³/mol. The van der Waals surface area contributed by atoms with Gasteiger partial charge in [-0.3, -0.25) is 14.5 Å². The Morgan fingerprint density at radius 2 is 1.93 bits per heavy atom. The normalized spacial score (nSPS) is 17.6. The van der Waals surface area contributed by atoms with Gasteiger partial charge in [-0.25, -0.2) is 4.79 Å². The van der Waals surface area contributed by atoms with Crippen molar-refractivity contribution in [2.24, 2.45) is 0 Å². The minimum atomic E-state index is -0.973. The highest BCUT2D eigenvalue weighted by Gasteiger charge is 2.41. The number of amides is 2. The highest BCUT2D eigenvalue weighted by atomic mass is 32.2. The van der Waals surface area contributed by atoms with Crippen LogP contribution in [0.3, 0.4) is 0 Å². The van der Waals surface area contributed by atoms with Crippen LogP contribution in [0.5, 0.6) is 11.5 Å². The van der Waals surface area contributed by atoms with Crippen LogP contribution in [-0.2, 0) is 14.3 Å². The third-order valence-corrected chi connectivity index (χ3v) is 5.11. The molecule has 1 aliphatic rings. The number of imide groups is 1. The van der Waals surface area contributed by atoms with Gasteiger partial charge >= 0.3 is 5.97 Å². The molecule has 8 heteroatoms. The van der Waals surface area contributed by atoms with Crippen LogP contribution in [0.15, 0.2) is 23.1 Å². The van der Waals surface area contributed by atoms with Crippen LogP contribution in [0.1, 0.15) is 39.7 Å². The average Bonchev–Trinajstić information content (AvgIpc) is 2.95. The monoisotopic (exact) mass is 407 g/mol. The molecule has 2 amide bonds. The fourth-order valence-corrected chi connectivity index (χ4v) is 3.41. The van der Waals surface area contributed by atoms with E-state index in [1.165, 1.54) is 14.0 Å². The number of methoxy groups -OCH3 is 1. The van der Waals surface area contributed by atoms with Crippen LogP contribution in [-0.4, -0.2) is 47.9 Å². The Labute approximate surface area is 169 Å².